The first-order chi connectivity index (χ1) is 12.6. The first-order valence-corrected chi connectivity index (χ1v) is 8.73. The van der Waals surface area contributed by atoms with Gasteiger partial charge in [-0.25, -0.2) is 0 Å². The van der Waals surface area contributed by atoms with Crippen molar-refractivity contribution in [3.05, 3.63) is 95.1 Å². The van der Waals surface area contributed by atoms with Crippen LogP contribution in [0, 0.1) is 0 Å². The fourth-order valence-electron chi connectivity index (χ4n) is 3.33. The molecule has 0 aliphatic carbocycles. The molecule has 2 heterocycles. The largest absolute Gasteiger partial charge is 0.456 e. The predicted octanol–water partition coefficient (Wildman–Crippen LogP) is 4.89. The van der Waals surface area contributed by atoms with Crippen LogP contribution in [0.1, 0.15) is 25.0 Å². The Morgan fingerprint density at radius 3 is 1.69 bits per heavy atom. The molecule has 4 rings (SSSR count). The van der Waals surface area contributed by atoms with Crippen molar-refractivity contribution in [1.29, 1.82) is 0 Å². The third-order valence-corrected chi connectivity index (χ3v) is 4.71. The van der Waals surface area contributed by atoms with Gasteiger partial charge in [0.1, 0.15) is 17.2 Å². The Kier molecular flexibility index (Phi) is 4.13. The normalized spacial score (nSPS) is 17.0. The van der Waals surface area contributed by atoms with Crippen LogP contribution < -0.4 is 0 Å². The lowest BCUT2D eigenvalue weighted by atomic mass is 9.96. The van der Waals surface area contributed by atoms with Gasteiger partial charge in [-0.3, -0.25) is 0 Å². The summed E-state index contributed by atoms with van der Waals surface area (Å²) in [4.78, 5) is 0. The molecule has 3 nitrogen and oxygen atoms in total. The highest BCUT2D eigenvalue weighted by Gasteiger charge is 2.28. The van der Waals surface area contributed by atoms with Crippen molar-refractivity contribution in [2.75, 3.05) is 7.05 Å². The Labute approximate surface area is 154 Å². The molecule has 3 heteroatoms. The second-order valence-electron chi connectivity index (χ2n) is 6.48. The van der Waals surface area contributed by atoms with Gasteiger partial charge in [0.05, 0.1) is 5.57 Å². The summed E-state index contributed by atoms with van der Waals surface area (Å²) in [6, 6.07) is 20.4. The van der Waals surface area contributed by atoms with E-state index in [-0.39, 0.29) is 0 Å². The van der Waals surface area contributed by atoms with Crippen LogP contribution in [0.5, 0.6) is 0 Å². The molecule has 2 aromatic rings. The second kappa shape index (κ2) is 6.60. The van der Waals surface area contributed by atoms with Gasteiger partial charge in [-0.2, -0.15) is 0 Å². The van der Waals surface area contributed by atoms with E-state index >= 15 is 0 Å². The van der Waals surface area contributed by atoms with Crippen LogP contribution in [-0.4, -0.2) is 23.2 Å². The SMILES string of the molecule is CC1=N[N+](C)=C(C)C1=C1C=C(c2ccccc2)OC(c2ccccc2)=C1. The minimum atomic E-state index is 0.851. The van der Waals surface area contributed by atoms with E-state index < -0.39 is 0 Å². The molecule has 0 N–H and O–H groups in total. The van der Waals surface area contributed by atoms with Crippen LogP contribution in [0.15, 0.2) is 89.1 Å². The lowest BCUT2D eigenvalue weighted by Gasteiger charge is -2.19. The molecular weight excluding hydrogens is 320 g/mol. The van der Waals surface area contributed by atoms with Crippen LogP contribution in [-0.2, 0) is 4.74 Å². The highest BCUT2D eigenvalue weighted by Crippen LogP contribution is 2.34. The van der Waals surface area contributed by atoms with Crippen molar-refractivity contribution in [3.63, 3.8) is 0 Å². The van der Waals surface area contributed by atoms with E-state index in [0.29, 0.717) is 0 Å². The summed E-state index contributed by atoms with van der Waals surface area (Å²) >= 11 is 0. The second-order valence-corrected chi connectivity index (χ2v) is 6.48. The molecular formula is C23H21N2O+. The highest BCUT2D eigenvalue weighted by molar-refractivity contribution is 6.24. The third kappa shape index (κ3) is 2.92. The zero-order valence-electron chi connectivity index (χ0n) is 15.2. The molecule has 2 aliphatic heterocycles. The molecule has 0 bridgehead atoms. The smallest absolute Gasteiger partial charge is 0.214 e. The summed E-state index contributed by atoms with van der Waals surface area (Å²) in [5, 5.41) is 4.58. The molecule has 0 fully saturated rings. The first kappa shape index (κ1) is 16.3. The molecule has 2 aliphatic rings. The maximum atomic E-state index is 6.27. The van der Waals surface area contributed by atoms with Crippen molar-refractivity contribution in [2.45, 2.75) is 13.8 Å². The van der Waals surface area contributed by atoms with Crippen molar-refractivity contribution in [3.8, 4) is 0 Å². The summed E-state index contributed by atoms with van der Waals surface area (Å²) in [5.74, 6) is 1.70. The molecule has 0 saturated heterocycles. The average molecular weight is 341 g/mol. The van der Waals surface area contributed by atoms with Crippen LogP contribution in [0.2, 0.25) is 0 Å². The van der Waals surface area contributed by atoms with Gasteiger partial charge in [-0.05, 0) is 29.8 Å². The Bertz CT molecular complexity index is 949. The highest BCUT2D eigenvalue weighted by atomic mass is 16.5. The van der Waals surface area contributed by atoms with Crippen LogP contribution >= 0.6 is 0 Å². The van der Waals surface area contributed by atoms with Crippen LogP contribution in [0.25, 0.3) is 11.5 Å². The van der Waals surface area contributed by atoms with E-state index in [2.05, 4.69) is 55.4 Å². The Morgan fingerprint density at radius 1 is 0.769 bits per heavy atom. The summed E-state index contributed by atoms with van der Waals surface area (Å²) in [7, 11) is 1.98. The maximum Gasteiger partial charge on any atom is 0.214 e. The van der Waals surface area contributed by atoms with Gasteiger partial charge in [0, 0.05) is 18.1 Å². The molecule has 0 saturated carbocycles. The number of hydrogen-bond donors (Lipinski definition) is 0. The molecule has 0 radical (unpaired) electrons. The monoisotopic (exact) mass is 341 g/mol. The van der Waals surface area contributed by atoms with Gasteiger partial charge in [0.15, 0.2) is 7.05 Å². The van der Waals surface area contributed by atoms with Gasteiger partial charge in [-0.15, -0.1) is 0 Å². The minimum Gasteiger partial charge on any atom is -0.456 e. The number of nitrogens with zero attached hydrogens (tertiary/aromatic N) is 2. The fraction of sp³-hybridized carbons (Fsp3) is 0.130. The quantitative estimate of drug-likeness (QED) is 0.714. The molecule has 2 aromatic carbocycles. The molecule has 128 valence electrons. The van der Waals surface area contributed by atoms with Crippen molar-refractivity contribution < 1.29 is 9.42 Å². The van der Waals surface area contributed by atoms with Gasteiger partial charge in [-0.1, -0.05) is 65.3 Å². The van der Waals surface area contributed by atoms with Crippen LogP contribution in [0.4, 0.5) is 0 Å². The van der Waals surface area contributed by atoms with E-state index in [4.69, 9.17) is 4.74 Å². The lowest BCUT2D eigenvalue weighted by molar-refractivity contribution is -0.499. The molecule has 0 amide bonds. The topological polar surface area (TPSA) is 24.6 Å². The van der Waals surface area contributed by atoms with Gasteiger partial charge in [0.25, 0.3) is 0 Å². The van der Waals surface area contributed by atoms with E-state index in [0.717, 1.165) is 45.2 Å². The van der Waals surface area contributed by atoms with Crippen LogP contribution in [0.3, 0.4) is 0 Å². The van der Waals surface area contributed by atoms with E-state index in [1.165, 1.54) is 0 Å². The predicted molar refractivity (Wildman–Crippen MR) is 107 cm³/mol. The standard InChI is InChI=1S/C23H21N2O/c1-16-23(17(2)25(3)24-16)20-14-21(18-10-6-4-7-11-18)26-22(15-20)19-12-8-5-9-13-19/h4-15H,1-3H3/q+1. The molecule has 0 spiro atoms. The Morgan fingerprint density at radius 2 is 1.27 bits per heavy atom. The fourth-order valence-corrected chi connectivity index (χ4v) is 3.33. The summed E-state index contributed by atoms with van der Waals surface area (Å²) < 4.78 is 8.20. The van der Waals surface area contributed by atoms with Crippen molar-refractivity contribution in [2.24, 2.45) is 5.10 Å². The summed E-state index contributed by atoms with van der Waals surface area (Å²) in [5.41, 5.74) is 6.58. The zero-order valence-corrected chi connectivity index (χ0v) is 15.2. The van der Waals surface area contributed by atoms with Gasteiger partial charge in [0.2, 0.25) is 5.71 Å². The Balaban J connectivity index is 1.90. The average Bonchev–Trinajstić information content (AvgIpc) is 2.94. The number of hydrazone groups is 1. The zero-order chi connectivity index (χ0) is 18.1. The first-order valence-electron chi connectivity index (χ1n) is 8.73. The van der Waals surface area contributed by atoms with E-state index in [1.807, 2.05) is 48.1 Å². The summed E-state index contributed by atoms with van der Waals surface area (Å²) in [6.07, 6.45) is 4.22. The number of benzene rings is 2. The molecule has 0 atom stereocenters. The maximum absolute atomic E-state index is 6.27. The van der Waals surface area contributed by atoms with Crippen molar-refractivity contribution in [1.82, 2.24) is 0 Å². The Hall–Kier alpha value is -3.20. The minimum absolute atomic E-state index is 0.851. The third-order valence-electron chi connectivity index (χ3n) is 4.71. The number of hydrogen-bond acceptors (Lipinski definition) is 2. The number of rotatable bonds is 2. The summed E-state index contributed by atoms with van der Waals surface area (Å²) in [6.45, 7) is 4.15. The lowest BCUT2D eigenvalue weighted by Crippen LogP contribution is -2.10. The molecule has 26 heavy (non-hydrogen) atoms. The number of allylic oxidation sites excluding steroid dienone is 4. The van der Waals surface area contributed by atoms with E-state index in [9.17, 15) is 0 Å². The molecule has 0 unspecified atom stereocenters. The van der Waals surface area contributed by atoms with Crippen molar-refractivity contribution >= 4 is 22.9 Å². The number of ether oxygens (including phenoxy) is 1. The molecule has 0 aromatic heterocycles. The van der Waals surface area contributed by atoms with Gasteiger partial charge >= 0.3 is 0 Å². The van der Waals surface area contributed by atoms with E-state index in [1.54, 1.807) is 0 Å². The van der Waals surface area contributed by atoms with Gasteiger partial charge < -0.3 is 4.74 Å².